The Hall–Kier alpha value is -2.21. The van der Waals surface area contributed by atoms with E-state index in [4.69, 9.17) is 5.11 Å². The Morgan fingerprint density at radius 1 is 1.30 bits per heavy atom. The average molecular weight is 292 g/mol. The van der Waals surface area contributed by atoms with E-state index in [1.165, 1.54) is 18.5 Å². The molecule has 0 radical (unpaired) electrons. The van der Waals surface area contributed by atoms with Gasteiger partial charge in [0.05, 0.1) is 11.4 Å². The minimum Gasteiger partial charge on any atom is -0.384 e. The van der Waals surface area contributed by atoms with Crippen LogP contribution in [0.4, 0.5) is 0 Å². The zero-order valence-corrected chi connectivity index (χ0v) is 11.2. The van der Waals surface area contributed by atoms with Crippen LogP contribution in [0.15, 0.2) is 35.5 Å². The van der Waals surface area contributed by atoms with Crippen molar-refractivity contribution in [3.8, 4) is 11.8 Å². The van der Waals surface area contributed by atoms with Crippen molar-refractivity contribution in [2.45, 2.75) is 11.4 Å². The quantitative estimate of drug-likeness (QED) is 0.666. The molecule has 0 bridgehead atoms. The van der Waals surface area contributed by atoms with Gasteiger partial charge in [0.2, 0.25) is 10.0 Å². The lowest BCUT2D eigenvalue weighted by atomic mass is 10.2. The van der Waals surface area contributed by atoms with Crippen LogP contribution in [0, 0.1) is 11.8 Å². The van der Waals surface area contributed by atoms with E-state index < -0.39 is 10.0 Å². The highest BCUT2D eigenvalue weighted by Gasteiger charge is 2.13. The number of aromatic nitrogens is 3. The number of aliphatic hydroxyl groups excluding tert-OH is 1. The third-order valence-electron chi connectivity index (χ3n) is 2.37. The fourth-order valence-corrected chi connectivity index (χ4v) is 2.41. The van der Waals surface area contributed by atoms with Gasteiger partial charge in [-0.15, -0.1) is 0 Å². The third kappa shape index (κ3) is 3.64. The van der Waals surface area contributed by atoms with Crippen LogP contribution in [0.5, 0.6) is 0 Å². The van der Waals surface area contributed by atoms with Gasteiger partial charge in [-0.25, -0.2) is 18.1 Å². The highest BCUT2D eigenvalue weighted by atomic mass is 32.2. The van der Waals surface area contributed by atoms with Gasteiger partial charge < -0.3 is 5.11 Å². The smallest absolute Gasteiger partial charge is 0.240 e. The summed E-state index contributed by atoms with van der Waals surface area (Å²) in [6, 6.07) is 6.05. The molecule has 0 aliphatic heterocycles. The third-order valence-corrected chi connectivity index (χ3v) is 3.79. The summed E-state index contributed by atoms with van der Waals surface area (Å²) in [5.74, 6) is 5.61. The largest absolute Gasteiger partial charge is 0.384 e. The Kier molecular flexibility index (Phi) is 4.47. The van der Waals surface area contributed by atoms with Crippen LogP contribution in [-0.4, -0.2) is 35.3 Å². The van der Waals surface area contributed by atoms with Crippen LogP contribution in [0.2, 0.25) is 0 Å². The second-order valence-electron chi connectivity index (χ2n) is 3.74. The molecule has 0 fully saturated rings. The van der Waals surface area contributed by atoms with E-state index in [1.54, 1.807) is 12.1 Å². The maximum Gasteiger partial charge on any atom is 0.240 e. The Bertz CT molecular complexity index is 712. The van der Waals surface area contributed by atoms with Gasteiger partial charge in [0.1, 0.15) is 18.8 Å². The zero-order valence-electron chi connectivity index (χ0n) is 10.4. The Morgan fingerprint density at radius 2 is 2.05 bits per heavy atom. The van der Waals surface area contributed by atoms with E-state index in [-0.39, 0.29) is 18.0 Å². The maximum absolute atomic E-state index is 12.0. The molecule has 0 aliphatic carbocycles. The first-order chi connectivity index (χ1) is 9.62. The molecule has 0 aliphatic rings. The molecule has 2 rings (SSSR count). The highest BCUT2D eigenvalue weighted by molar-refractivity contribution is 7.89. The molecule has 20 heavy (non-hydrogen) atoms. The number of aliphatic hydroxyl groups is 1. The topological polar surface area (TPSA) is 108 Å². The van der Waals surface area contributed by atoms with Crippen molar-refractivity contribution in [1.82, 2.24) is 19.9 Å². The van der Waals surface area contributed by atoms with Crippen molar-refractivity contribution in [3.63, 3.8) is 0 Å². The van der Waals surface area contributed by atoms with Crippen LogP contribution in [0.3, 0.4) is 0 Å². The molecular formula is C12H12N4O3S. The molecule has 0 saturated carbocycles. The van der Waals surface area contributed by atoms with Gasteiger partial charge in [0.25, 0.3) is 0 Å². The van der Waals surface area contributed by atoms with Crippen molar-refractivity contribution in [2.24, 2.45) is 0 Å². The molecule has 2 aromatic rings. The van der Waals surface area contributed by atoms with Crippen molar-refractivity contribution in [1.29, 1.82) is 0 Å². The van der Waals surface area contributed by atoms with Crippen molar-refractivity contribution >= 4 is 10.0 Å². The lowest BCUT2D eigenvalue weighted by molar-refractivity contribution is 0.350. The van der Waals surface area contributed by atoms with Gasteiger partial charge in [-0.2, -0.15) is 5.10 Å². The molecule has 3 N–H and O–H groups in total. The van der Waals surface area contributed by atoms with E-state index in [1.807, 2.05) is 0 Å². The summed E-state index contributed by atoms with van der Waals surface area (Å²) in [7, 11) is -3.61. The number of aromatic amines is 1. The molecule has 1 heterocycles. The molecule has 0 atom stereocenters. The molecule has 0 amide bonds. The van der Waals surface area contributed by atoms with Crippen molar-refractivity contribution in [3.05, 3.63) is 42.0 Å². The zero-order chi connectivity index (χ0) is 14.4. The molecule has 1 aromatic heterocycles. The predicted octanol–water partition coefficient (Wildman–Crippen LogP) is -0.373. The summed E-state index contributed by atoms with van der Waals surface area (Å²) < 4.78 is 26.4. The van der Waals surface area contributed by atoms with Crippen LogP contribution in [0.25, 0.3) is 0 Å². The van der Waals surface area contributed by atoms with Crippen molar-refractivity contribution < 1.29 is 13.5 Å². The molecular weight excluding hydrogens is 280 g/mol. The summed E-state index contributed by atoms with van der Waals surface area (Å²) in [6.45, 7) is -0.201. The number of hydrogen-bond acceptors (Lipinski definition) is 5. The van der Waals surface area contributed by atoms with E-state index in [0.717, 1.165) is 0 Å². The molecule has 7 nitrogen and oxygen atoms in total. The fourth-order valence-electron chi connectivity index (χ4n) is 1.42. The number of H-pyrrole nitrogens is 1. The van der Waals surface area contributed by atoms with Gasteiger partial charge in [-0.1, -0.05) is 11.8 Å². The van der Waals surface area contributed by atoms with Gasteiger partial charge in [-0.05, 0) is 24.3 Å². The van der Waals surface area contributed by atoms with Crippen molar-refractivity contribution in [2.75, 3.05) is 6.61 Å². The van der Waals surface area contributed by atoms with E-state index in [9.17, 15) is 8.42 Å². The Labute approximate surface area is 116 Å². The molecule has 0 spiro atoms. The number of benzene rings is 1. The molecule has 1 aromatic carbocycles. The van der Waals surface area contributed by atoms with Crippen LogP contribution < -0.4 is 4.72 Å². The monoisotopic (exact) mass is 292 g/mol. The first-order valence-corrected chi connectivity index (χ1v) is 7.14. The summed E-state index contributed by atoms with van der Waals surface area (Å²) >= 11 is 0. The standard InChI is InChI=1S/C12H12N4O3S/c17-7-1-2-10-3-5-11(6-4-10)20(18,19)15-8-12-13-9-14-16-12/h3-6,9,15,17H,7-8H2,(H,13,14,16). The molecule has 104 valence electrons. The highest BCUT2D eigenvalue weighted by Crippen LogP contribution is 2.10. The van der Waals surface area contributed by atoms with Gasteiger partial charge >= 0.3 is 0 Å². The summed E-state index contributed by atoms with van der Waals surface area (Å²) in [6.07, 6.45) is 1.30. The van der Waals surface area contributed by atoms with E-state index in [2.05, 4.69) is 31.7 Å². The van der Waals surface area contributed by atoms with Crippen LogP contribution in [0.1, 0.15) is 11.4 Å². The minimum atomic E-state index is -3.61. The second kappa shape index (κ2) is 6.29. The summed E-state index contributed by atoms with van der Waals surface area (Å²) in [4.78, 5) is 3.96. The van der Waals surface area contributed by atoms with E-state index in [0.29, 0.717) is 11.4 Å². The van der Waals surface area contributed by atoms with Gasteiger partial charge in [0.15, 0.2) is 0 Å². The van der Waals surface area contributed by atoms with Crippen LogP contribution >= 0.6 is 0 Å². The number of hydrogen-bond donors (Lipinski definition) is 3. The maximum atomic E-state index is 12.0. The minimum absolute atomic E-state index is 0.0361. The number of sulfonamides is 1. The van der Waals surface area contributed by atoms with Crippen LogP contribution in [-0.2, 0) is 16.6 Å². The summed E-state index contributed by atoms with van der Waals surface area (Å²) in [5.41, 5.74) is 0.633. The molecule has 0 saturated heterocycles. The average Bonchev–Trinajstić information content (AvgIpc) is 2.97. The number of rotatable bonds is 4. The normalized spacial score (nSPS) is 10.8. The van der Waals surface area contributed by atoms with Gasteiger partial charge in [-0.3, -0.25) is 5.10 Å². The summed E-state index contributed by atoms with van der Waals surface area (Å²) in [5, 5.41) is 14.8. The van der Waals surface area contributed by atoms with E-state index >= 15 is 0 Å². The first kappa shape index (κ1) is 14.2. The molecule has 8 heteroatoms. The second-order valence-corrected chi connectivity index (χ2v) is 5.51. The number of nitrogens with one attached hydrogen (secondary N) is 2. The Morgan fingerprint density at radius 3 is 2.65 bits per heavy atom. The number of nitrogens with zero attached hydrogens (tertiary/aromatic N) is 2. The SMILES string of the molecule is O=S(=O)(NCc1ncn[nH]1)c1ccc(C#CCO)cc1. The predicted molar refractivity (Wildman–Crippen MR) is 70.8 cm³/mol. The lowest BCUT2D eigenvalue weighted by Crippen LogP contribution is -2.23. The van der Waals surface area contributed by atoms with Gasteiger partial charge in [0, 0.05) is 5.56 Å². The lowest BCUT2D eigenvalue weighted by Gasteiger charge is -2.05. The molecule has 0 unspecified atom stereocenters. The Balaban J connectivity index is 2.09. The first-order valence-electron chi connectivity index (χ1n) is 5.65. The fraction of sp³-hybridized carbons (Fsp3) is 0.167.